The summed E-state index contributed by atoms with van der Waals surface area (Å²) in [6.45, 7) is 2.81. The van der Waals surface area contributed by atoms with E-state index in [0.717, 1.165) is 9.87 Å². The molecule has 0 unspecified atom stereocenters. The number of halogens is 1. The topological polar surface area (TPSA) is 52.6 Å². The third-order valence-electron chi connectivity index (χ3n) is 3.99. The summed E-state index contributed by atoms with van der Waals surface area (Å²) in [6, 6.07) is 11.6. The van der Waals surface area contributed by atoms with Crippen LogP contribution < -0.4 is 13.9 Å². The molecule has 2 aromatic carbocycles. The Kier molecular flexibility index (Phi) is 4.47. The fourth-order valence-corrected chi connectivity index (χ4v) is 4.62. The molecule has 128 valence electrons. The lowest BCUT2D eigenvalue weighted by atomic mass is 10.2. The standard InChI is InChI=1S/C17H20FN3O2S/c1-13-8-9-15(14(18)12-13)21-17-7-4-3-6-16(17)20(24(21,22)23)11-5-10-19-2/h3-4,6-9,12,19H,5,10-11H2,1-2H3. The molecule has 0 saturated heterocycles. The molecule has 24 heavy (non-hydrogen) atoms. The van der Waals surface area contributed by atoms with Crippen LogP contribution in [0, 0.1) is 12.7 Å². The lowest BCUT2D eigenvalue weighted by Crippen LogP contribution is -2.37. The zero-order valence-corrected chi connectivity index (χ0v) is 14.5. The first-order valence-corrected chi connectivity index (χ1v) is 9.19. The van der Waals surface area contributed by atoms with Gasteiger partial charge in [0.25, 0.3) is 0 Å². The van der Waals surface area contributed by atoms with Gasteiger partial charge in [-0.15, -0.1) is 0 Å². The van der Waals surface area contributed by atoms with Gasteiger partial charge in [-0.05, 0) is 56.8 Å². The fourth-order valence-electron chi connectivity index (χ4n) is 2.86. The van der Waals surface area contributed by atoms with Crippen LogP contribution in [-0.2, 0) is 10.2 Å². The van der Waals surface area contributed by atoms with Gasteiger partial charge in [-0.2, -0.15) is 8.42 Å². The quantitative estimate of drug-likeness (QED) is 0.845. The predicted octanol–water partition coefficient (Wildman–Crippen LogP) is 2.95. The molecule has 3 rings (SSSR count). The first kappa shape index (κ1) is 16.7. The van der Waals surface area contributed by atoms with E-state index in [-0.39, 0.29) is 5.69 Å². The maximum Gasteiger partial charge on any atom is 0.331 e. The number of anilines is 3. The van der Waals surface area contributed by atoms with Crippen LogP contribution in [0.5, 0.6) is 0 Å². The van der Waals surface area contributed by atoms with Crippen LogP contribution in [0.15, 0.2) is 42.5 Å². The van der Waals surface area contributed by atoms with Crippen molar-refractivity contribution < 1.29 is 12.8 Å². The maximum atomic E-state index is 14.4. The van der Waals surface area contributed by atoms with E-state index in [1.807, 2.05) is 7.05 Å². The second-order valence-electron chi connectivity index (χ2n) is 5.75. The Morgan fingerprint density at radius 2 is 1.79 bits per heavy atom. The summed E-state index contributed by atoms with van der Waals surface area (Å²) in [5, 5.41) is 3.01. The number of para-hydroxylation sites is 2. The molecular formula is C17H20FN3O2S. The van der Waals surface area contributed by atoms with Crippen molar-refractivity contribution in [3.63, 3.8) is 0 Å². The Morgan fingerprint density at radius 3 is 2.46 bits per heavy atom. The van der Waals surface area contributed by atoms with Crippen LogP contribution in [0.25, 0.3) is 0 Å². The van der Waals surface area contributed by atoms with Gasteiger partial charge in [0, 0.05) is 6.54 Å². The molecule has 0 atom stereocenters. The first-order chi connectivity index (χ1) is 11.5. The molecule has 1 N–H and O–H groups in total. The summed E-state index contributed by atoms with van der Waals surface area (Å²) in [5.41, 5.74) is 1.84. The number of hydrogen-bond acceptors (Lipinski definition) is 3. The number of benzene rings is 2. The molecule has 1 aliphatic rings. The van der Waals surface area contributed by atoms with Crippen LogP contribution in [-0.4, -0.2) is 28.6 Å². The number of nitrogens with one attached hydrogen (secondary N) is 1. The number of aryl methyl sites for hydroxylation is 1. The number of hydrogen-bond donors (Lipinski definition) is 1. The highest BCUT2D eigenvalue weighted by Gasteiger charge is 2.41. The Morgan fingerprint density at radius 1 is 1.08 bits per heavy atom. The molecule has 7 heteroatoms. The Labute approximate surface area is 141 Å². The molecule has 0 aliphatic carbocycles. The fraction of sp³-hybridized carbons (Fsp3) is 0.294. The van der Waals surface area contributed by atoms with Crippen LogP contribution in [0.3, 0.4) is 0 Å². The largest absolute Gasteiger partial charge is 0.331 e. The first-order valence-electron chi connectivity index (χ1n) is 7.79. The summed E-state index contributed by atoms with van der Waals surface area (Å²) in [6.07, 6.45) is 0.661. The van der Waals surface area contributed by atoms with E-state index in [0.29, 0.717) is 30.9 Å². The molecule has 0 spiro atoms. The highest BCUT2D eigenvalue weighted by atomic mass is 32.2. The van der Waals surface area contributed by atoms with Crippen molar-refractivity contribution in [1.82, 2.24) is 5.32 Å². The third kappa shape index (κ3) is 2.74. The average molecular weight is 349 g/mol. The van der Waals surface area contributed by atoms with E-state index in [4.69, 9.17) is 0 Å². The maximum absolute atomic E-state index is 14.4. The molecule has 1 heterocycles. The van der Waals surface area contributed by atoms with E-state index < -0.39 is 16.0 Å². The number of fused-ring (bicyclic) bond motifs is 1. The van der Waals surface area contributed by atoms with E-state index in [1.54, 1.807) is 37.3 Å². The lowest BCUT2D eigenvalue weighted by Gasteiger charge is -2.22. The lowest BCUT2D eigenvalue weighted by molar-refractivity contribution is 0.588. The van der Waals surface area contributed by atoms with E-state index in [1.165, 1.54) is 16.4 Å². The van der Waals surface area contributed by atoms with Crippen molar-refractivity contribution in [1.29, 1.82) is 0 Å². The van der Waals surface area contributed by atoms with E-state index >= 15 is 0 Å². The third-order valence-corrected chi connectivity index (χ3v) is 5.78. The molecule has 0 bridgehead atoms. The van der Waals surface area contributed by atoms with Crippen molar-refractivity contribution in [2.45, 2.75) is 13.3 Å². The van der Waals surface area contributed by atoms with Gasteiger partial charge in [-0.25, -0.2) is 8.70 Å². The van der Waals surface area contributed by atoms with Gasteiger partial charge in [-0.1, -0.05) is 18.2 Å². The Balaban J connectivity index is 2.10. The highest BCUT2D eigenvalue weighted by Crippen LogP contribution is 2.45. The van der Waals surface area contributed by atoms with E-state index in [9.17, 15) is 12.8 Å². The van der Waals surface area contributed by atoms with Crippen LogP contribution >= 0.6 is 0 Å². The van der Waals surface area contributed by atoms with Gasteiger partial charge in [0.15, 0.2) is 0 Å². The molecule has 0 amide bonds. The molecule has 0 saturated carbocycles. The SMILES string of the molecule is CNCCCN1c2ccccc2N(c2ccc(C)cc2F)S1(=O)=O. The van der Waals surface area contributed by atoms with Crippen LogP contribution in [0.2, 0.25) is 0 Å². The van der Waals surface area contributed by atoms with Crippen molar-refractivity contribution in [3.8, 4) is 0 Å². The molecule has 0 radical (unpaired) electrons. The zero-order valence-electron chi connectivity index (χ0n) is 13.7. The molecule has 5 nitrogen and oxygen atoms in total. The molecule has 0 fully saturated rings. The monoisotopic (exact) mass is 349 g/mol. The minimum absolute atomic E-state index is 0.0455. The van der Waals surface area contributed by atoms with Crippen LogP contribution in [0.4, 0.5) is 21.5 Å². The van der Waals surface area contributed by atoms with Gasteiger partial charge < -0.3 is 5.32 Å². The van der Waals surface area contributed by atoms with Crippen molar-refractivity contribution in [2.24, 2.45) is 0 Å². The summed E-state index contributed by atoms with van der Waals surface area (Å²) in [5.74, 6) is -0.551. The highest BCUT2D eigenvalue weighted by molar-refractivity contribution is 7.95. The molecule has 0 aromatic heterocycles. The van der Waals surface area contributed by atoms with Gasteiger partial charge in [0.05, 0.1) is 17.1 Å². The second kappa shape index (κ2) is 6.41. The minimum Gasteiger partial charge on any atom is -0.320 e. The zero-order chi connectivity index (χ0) is 17.3. The van der Waals surface area contributed by atoms with Gasteiger partial charge >= 0.3 is 10.2 Å². The summed E-state index contributed by atoms with van der Waals surface area (Å²) in [7, 11) is -2.04. The summed E-state index contributed by atoms with van der Waals surface area (Å²) < 4.78 is 43.0. The van der Waals surface area contributed by atoms with Gasteiger partial charge in [0.1, 0.15) is 5.82 Å². The Bertz CT molecular complexity index is 855. The average Bonchev–Trinajstić information content (AvgIpc) is 2.76. The van der Waals surface area contributed by atoms with E-state index in [2.05, 4.69) is 5.32 Å². The van der Waals surface area contributed by atoms with Crippen molar-refractivity contribution >= 4 is 27.3 Å². The second-order valence-corrected chi connectivity index (χ2v) is 7.45. The Hall–Kier alpha value is -2.12. The molecule has 1 aliphatic heterocycles. The van der Waals surface area contributed by atoms with Crippen molar-refractivity contribution in [2.75, 3.05) is 28.7 Å². The van der Waals surface area contributed by atoms with Crippen LogP contribution in [0.1, 0.15) is 12.0 Å². The minimum atomic E-state index is -3.86. The van der Waals surface area contributed by atoms with Crippen molar-refractivity contribution in [3.05, 3.63) is 53.8 Å². The summed E-state index contributed by atoms with van der Waals surface area (Å²) in [4.78, 5) is 0. The molecule has 2 aromatic rings. The number of rotatable bonds is 5. The smallest absolute Gasteiger partial charge is 0.320 e. The predicted molar refractivity (Wildman–Crippen MR) is 94.5 cm³/mol. The van der Waals surface area contributed by atoms with Gasteiger partial charge in [0.2, 0.25) is 0 Å². The summed E-state index contributed by atoms with van der Waals surface area (Å²) >= 11 is 0. The molecular weight excluding hydrogens is 329 g/mol. The normalized spacial score (nSPS) is 15.6. The number of nitrogens with zero attached hydrogens (tertiary/aromatic N) is 2. The van der Waals surface area contributed by atoms with Gasteiger partial charge in [-0.3, -0.25) is 4.31 Å².